The lowest BCUT2D eigenvalue weighted by atomic mass is 9.95. The number of ketones is 1. The van der Waals surface area contributed by atoms with E-state index < -0.39 is 0 Å². The second kappa shape index (κ2) is 10.6. The lowest BCUT2D eigenvalue weighted by Gasteiger charge is -2.35. The molecule has 0 saturated carbocycles. The Morgan fingerprint density at radius 2 is 1.91 bits per heavy atom. The molecule has 11 nitrogen and oxygen atoms in total. The quantitative estimate of drug-likeness (QED) is 0.418. The number of aromatic amines is 1. The van der Waals surface area contributed by atoms with E-state index in [-0.39, 0.29) is 23.9 Å². The number of hydrogen-bond acceptors (Lipinski definition) is 8. The summed E-state index contributed by atoms with van der Waals surface area (Å²) in [4.78, 5) is 47.1. The highest BCUT2D eigenvalue weighted by Crippen LogP contribution is 2.41. The Hall–Kier alpha value is -4.64. The molecule has 222 valence electrons. The van der Waals surface area contributed by atoms with Gasteiger partial charge in [-0.1, -0.05) is 12.1 Å². The van der Waals surface area contributed by atoms with Crippen LogP contribution in [-0.2, 0) is 29.3 Å². The molecule has 4 aliphatic rings. The maximum atomic E-state index is 13.3. The monoisotopic (exact) mass is 581 g/mol. The summed E-state index contributed by atoms with van der Waals surface area (Å²) in [5.41, 5.74) is 7.63. The number of aromatic nitrogens is 3. The predicted molar refractivity (Wildman–Crippen MR) is 162 cm³/mol. The third kappa shape index (κ3) is 4.64. The summed E-state index contributed by atoms with van der Waals surface area (Å²) in [5.74, 6) is 0.675. The Bertz CT molecular complexity index is 1780. The molecular weight excluding hydrogens is 546 g/mol. The number of anilines is 3. The van der Waals surface area contributed by atoms with E-state index in [1.54, 1.807) is 17.9 Å². The van der Waals surface area contributed by atoms with Gasteiger partial charge >= 0.3 is 0 Å². The fourth-order valence-corrected chi connectivity index (χ4v) is 6.84. The molecule has 0 atom stereocenters. The number of nitrogens with zero attached hydrogens (tertiary/aromatic N) is 5. The number of allylic oxidation sites excluding steroid dienone is 2. The molecule has 3 N–H and O–H groups in total. The molecule has 5 heterocycles. The Kier molecular flexibility index (Phi) is 6.69. The van der Waals surface area contributed by atoms with Gasteiger partial charge in [0.2, 0.25) is 11.7 Å². The summed E-state index contributed by atoms with van der Waals surface area (Å²) in [6.07, 6.45) is 5.91. The molecule has 1 aliphatic carbocycles. The lowest BCUT2D eigenvalue weighted by molar-refractivity contribution is -0.130. The molecule has 3 aromatic rings. The van der Waals surface area contributed by atoms with Crippen LogP contribution in [0.25, 0.3) is 11.1 Å². The molecular formula is C32H35N7O4. The van der Waals surface area contributed by atoms with Gasteiger partial charge in [-0.15, -0.1) is 0 Å². The first-order valence-electron chi connectivity index (χ1n) is 14.9. The number of rotatable bonds is 5. The Labute approximate surface area is 249 Å². The highest BCUT2D eigenvalue weighted by Gasteiger charge is 2.38. The summed E-state index contributed by atoms with van der Waals surface area (Å²) >= 11 is 0. The highest BCUT2D eigenvalue weighted by atomic mass is 16.3. The smallest absolute Gasteiger partial charge is 0.271 e. The Morgan fingerprint density at radius 1 is 1.07 bits per heavy atom. The number of aryl methyl sites for hydroxylation is 1. The number of fused-ring (bicyclic) bond motifs is 3. The number of pyridine rings is 1. The number of amides is 1. The van der Waals surface area contributed by atoms with E-state index >= 15 is 0 Å². The molecule has 7 rings (SSSR count). The van der Waals surface area contributed by atoms with E-state index in [9.17, 15) is 19.5 Å². The van der Waals surface area contributed by atoms with Crippen LogP contribution in [0.5, 0.6) is 0 Å². The summed E-state index contributed by atoms with van der Waals surface area (Å²) < 4.78 is 1.85. The van der Waals surface area contributed by atoms with Crippen LogP contribution < -0.4 is 15.8 Å². The lowest BCUT2D eigenvalue weighted by Crippen LogP contribution is -2.37. The first kappa shape index (κ1) is 27.2. The van der Waals surface area contributed by atoms with Gasteiger partial charge < -0.3 is 30.1 Å². The Morgan fingerprint density at radius 3 is 2.72 bits per heavy atom. The molecule has 1 amide bonds. The summed E-state index contributed by atoms with van der Waals surface area (Å²) in [7, 11) is 0. The third-order valence-corrected chi connectivity index (χ3v) is 9.06. The molecule has 0 unspecified atom stereocenters. The van der Waals surface area contributed by atoms with Gasteiger partial charge in [-0.2, -0.15) is 5.10 Å². The molecule has 3 aliphatic heterocycles. The van der Waals surface area contributed by atoms with Crippen LogP contribution >= 0.6 is 0 Å². The van der Waals surface area contributed by atoms with Crippen LogP contribution in [0, 0.1) is 6.92 Å². The minimum absolute atomic E-state index is 0.0206. The highest BCUT2D eigenvalue weighted by molar-refractivity contribution is 6.11. The van der Waals surface area contributed by atoms with Crippen LogP contribution in [0.1, 0.15) is 49.6 Å². The van der Waals surface area contributed by atoms with Crippen molar-refractivity contribution in [2.45, 2.75) is 59.2 Å². The topological polar surface area (TPSA) is 127 Å². The SMILES string of the molecule is CC(=O)N1CCn2nc(Nc3cc(-c4cccc(N5C=C6C(=O)C7=C(CCCC7)N6CC5)c4CO)c(C)[nH]c3=O)cc2C1. The zero-order valence-corrected chi connectivity index (χ0v) is 24.4. The van der Waals surface area contributed by atoms with Gasteiger partial charge in [-0.25, -0.2) is 0 Å². The van der Waals surface area contributed by atoms with E-state index in [4.69, 9.17) is 0 Å². The number of H-pyrrole nitrogens is 1. The van der Waals surface area contributed by atoms with Crippen molar-refractivity contribution >= 4 is 28.9 Å². The summed E-state index contributed by atoms with van der Waals surface area (Å²) in [5, 5.41) is 18.4. The fraction of sp³-hybridized carbons (Fsp3) is 0.375. The van der Waals surface area contributed by atoms with Crippen molar-refractivity contribution in [1.29, 1.82) is 0 Å². The Balaban J connectivity index is 1.21. The van der Waals surface area contributed by atoms with Crippen LogP contribution in [0.15, 0.2) is 58.3 Å². The second-order valence-electron chi connectivity index (χ2n) is 11.6. The largest absolute Gasteiger partial charge is 0.392 e. The van der Waals surface area contributed by atoms with Crippen molar-refractivity contribution in [3.05, 3.63) is 80.8 Å². The number of aliphatic hydroxyl groups is 1. The summed E-state index contributed by atoms with van der Waals surface area (Å²) in [6.45, 7) is 6.26. The van der Waals surface area contributed by atoms with Crippen LogP contribution in [0.3, 0.4) is 0 Å². The van der Waals surface area contributed by atoms with Gasteiger partial charge in [0.15, 0.2) is 5.82 Å². The van der Waals surface area contributed by atoms with Crippen molar-refractivity contribution in [1.82, 2.24) is 24.6 Å². The van der Waals surface area contributed by atoms with Gasteiger partial charge in [0.25, 0.3) is 5.56 Å². The fourth-order valence-electron chi connectivity index (χ4n) is 6.84. The first-order chi connectivity index (χ1) is 20.8. The average Bonchev–Trinajstić information content (AvgIpc) is 3.55. The maximum Gasteiger partial charge on any atom is 0.271 e. The van der Waals surface area contributed by atoms with E-state index in [1.807, 2.05) is 42.1 Å². The zero-order chi connectivity index (χ0) is 29.8. The number of carbonyl (C=O) groups is 2. The average molecular weight is 582 g/mol. The molecule has 11 heteroatoms. The number of carbonyl (C=O) groups excluding carboxylic acids is 2. The van der Waals surface area contributed by atoms with Crippen molar-refractivity contribution in [3.63, 3.8) is 0 Å². The van der Waals surface area contributed by atoms with Crippen LogP contribution in [0.4, 0.5) is 17.2 Å². The molecule has 2 aromatic heterocycles. The van der Waals surface area contributed by atoms with Gasteiger partial charge in [0, 0.05) is 72.6 Å². The van der Waals surface area contributed by atoms with E-state index in [0.29, 0.717) is 49.1 Å². The zero-order valence-electron chi connectivity index (χ0n) is 24.4. The second-order valence-corrected chi connectivity index (χ2v) is 11.6. The van der Waals surface area contributed by atoms with Gasteiger partial charge in [0.1, 0.15) is 11.4 Å². The maximum absolute atomic E-state index is 13.3. The molecule has 0 fully saturated rings. The number of hydrogen-bond donors (Lipinski definition) is 3. The standard InChI is InChI=1S/C32H35N7O4/c1-19-24(15-26(32(43)33-19)34-30-14-21-16-36(20(2)41)11-13-39(21)35-30)22-7-5-9-27(25(22)18-40)37-10-12-38-28-8-4-3-6-23(28)31(42)29(38)17-37/h5,7,9,14-15,17,40H,3-4,6,8,10-13,16,18H2,1-2H3,(H,33,43)(H,34,35). The minimum atomic E-state index is -0.281. The van der Waals surface area contributed by atoms with Crippen LogP contribution in [-0.4, -0.2) is 61.0 Å². The third-order valence-electron chi connectivity index (χ3n) is 9.06. The van der Waals surface area contributed by atoms with Gasteiger partial charge in [-0.3, -0.25) is 19.1 Å². The first-order valence-corrected chi connectivity index (χ1v) is 14.9. The predicted octanol–water partition coefficient (Wildman–Crippen LogP) is 3.52. The number of Topliss-reactive ketones (excluding diaryl/α,β-unsaturated/α-hetero) is 1. The van der Waals surface area contributed by atoms with Crippen molar-refractivity contribution in [3.8, 4) is 11.1 Å². The van der Waals surface area contributed by atoms with Gasteiger partial charge in [-0.05, 0) is 50.3 Å². The number of benzene rings is 1. The molecule has 1 aromatic carbocycles. The molecule has 0 spiro atoms. The summed E-state index contributed by atoms with van der Waals surface area (Å²) in [6, 6.07) is 9.50. The number of aliphatic hydroxyl groups excluding tert-OH is 1. The van der Waals surface area contributed by atoms with E-state index in [1.165, 1.54) is 5.70 Å². The molecule has 0 bridgehead atoms. The van der Waals surface area contributed by atoms with E-state index in [0.717, 1.165) is 65.9 Å². The van der Waals surface area contributed by atoms with Crippen molar-refractivity contribution in [2.24, 2.45) is 0 Å². The number of nitrogens with one attached hydrogen (secondary N) is 2. The molecule has 43 heavy (non-hydrogen) atoms. The normalized spacial score (nSPS) is 18.0. The van der Waals surface area contributed by atoms with Crippen LogP contribution in [0.2, 0.25) is 0 Å². The van der Waals surface area contributed by atoms with E-state index in [2.05, 4.69) is 25.2 Å². The van der Waals surface area contributed by atoms with Crippen molar-refractivity contribution in [2.75, 3.05) is 29.9 Å². The van der Waals surface area contributed by atoms with Crippen molar-refractivity contribution < 1.29 is 14.7 Å². The molecule has 0 saturated heterocycles. The minimum Gasteiger partial charge on any atom is -0.392 e. The molecule has 0 radical (unpaired) electrons. The van der Waals surface area contributed by atoms with Gasteiger partial charge in [0.05, 0.1) is 25.4 Å².